The fourth-order valence-electron chi connectivity index (χ4n) is 2.35. The summed E-state index contributed by atoms with van der Waals surface area (Å²) in [4.78, 5) is 22.4. The summed E-state index contributed by atoms with van der Waals surface area (Å²) in [6.07, 6.45) is 6.88. The fraction of sp³-hybridized carbons (Fsp3) is 0.688. The zero-order valence-electron chi connectivity index (χ0n) is 14.2. The summed E-state index contributed by atoms with van der Waals surface area (Å²) in [5.41, 5.74) is 0.416. The molecule has 2 heterocycles. The molecule has 1 aromatic heterocycles. The van der Waals surface area contributed by atoms with Crippen LogP contribution in [0, 0.1) is 0 Å². The molecule has 128 valence electrons. The third kappa shape index (κ3) is 5.66. The molecule has 0 saturated carbocycles. The van der Waals surface area contributed by atoms with Crippen LogP contribution in [0.3, 0.4) is 0 Å². The third-order valence-corrected chi connectivity index (χ3v) is 4.21. The number of thioether (sulfide) groups is 1. The molecule has 1 aliphatic rings. The molecule has 1 saturated heterocycles. The maximum Gasteiger partial charge on any atom is 0.410 e. The Hall–Kier alpha value is -1.34. The van der Waals surface area contributed by atoms with E-state index in [1.54, 1.807) is 29.1 Å². The fourth-order valence-corrected chi connectivity index (χ4v) is 2.87. The van der Waals surface area contributed by atoms with Crippen LogP contribution in [0.1, 0.15) is 39.3 Å². The second-order valence-corrected chi connectivity index (χ2v) is 7.29. The first-order chi connectivity index (χ1) is 10.9. The second-order valence-electron chi connectivity index (χ2n) is 6.49. The van der Waals surface area contributed by atoms with Crippen LogP contribution in [0.25, 0.3) is 0 Å². The number of likely N-dealkylation sites (tertiary alicyclic amines) is 1. The summed E-state index contributed by atoms with van der Waals surface area (Å²) in [6, 6.07) is 0. The summed E-state index contributed by atoms with van der Waals surface area (Å²) in [6.45, 7) is 7.42. The number of aromatic nitrogens is 2. The van der Waals surface area contributed by atoms with E-state index in [9.17, 15) is 4.79 Å². The van der Waals surface area contributed by atoms with Gasteiger partial charge in [-0.2, -0.15) is 0 Å². The molecular formula is C16H25N3O3S. The Labute approximate surface area is 142 Å². The summed E-state index contributed by atoms with van der Waals surface area (Å²) < 4.78 is 11.3. The summed E-state index contributed by atoms with van der Waals surface area (Å²) in [5.74, 6) is 0. The van der Waals surface area contributed by atoms with Crippen LogP contribution >= 0.6 is 11.8 Å². The van der Waals surface area contributed by atoms with E-state index in [1.165, 1.54) is 0 Å². The van der Waals surface area contributed by atoms with Crippen molar-refractivity contribution in [3.05, 3.63) is 18.1 Å². The molecule has 1 fully saturated rings. The SMILES string of the molecule is CSc1nccnc1COC1CCN(C(=O)OC(C)(C)C)CC1. The van der Waals surface area contributed by atoms with Crippen LogP contribution in [-0.4, -0.2) is 52.0 Å². The number of carbonyl (C=O) groups excluding carboxylic acids is 1. The van der Waals surface area contributed by atoms with E-state index in [0.29, 0.717) is 19.7 Å². The number of hydrogen-bond acceptors (Lipinski definition) is 6. The first kappa shape index (κ1) is 18.0. The molecule has 0 radical (unpaired) electrons. The first-order valence-electron chi connectivity index (χ1n) is 7.82. The standard InChI is InChI=1S/C16H25N3O3S/c1-16(2,3)22-15(20)19-9-5-12(6-10-19)21-11-13-14(23-4)18-8-7-17-13/h7-8,12H,5-6,9-11H2,1-4H3. The molecule has 0 aliphatic carbocycles. The average molecular weight is 339 g/mol. The largest absolute Gasteiger partial charge is 0.444 e. The molecule has 1 aromatic rings. The van der Waals surface area contributed by atoms with Gasteiger partial charge in [-0.15, -0.1) is 11.8 Å². The van der Waals surface area contributed by atoms with Crippen LogP contribution < -0.4 is 0 Å². The highest BCUT2D eigenvalue weighted by atomic mass is 32.2. The van der Waals surface area contributed by atoms with Crippen molar-refractivity contribution in [2.75, 3.05) is 19.3 Å². The molecule has 0 spiro atoms. The number of rotatable bonds is 4. The van der Waals surface area contributed by atoms with Crippen molar-refractivity contribution >= 4 is 17.9 Å². The zero-order chi connectivity index (χ0) is 16.9. The van der Waals surface area contributed by atoms with Gasteiger partial charge in [-0.05, 0) is 39.9 Å². The van der Waals surface area contributed by atoms with Crippen LogP contribution in [-0.2, 0) is 16.1 Å². The van der Waals surface area contributed by atoms with E-state index in [4.69, 9.17) is 9.47 Å². The predicted molar refractivity (Wildman–Crippen MR) is 89.4 cm³/mol. The molecule has 1 aliphatic heterocycles. The summed E-state index contributed by atoms with van der Waals surface area (Å²) >= 11 is 1.57. The Bertz CT molecular complexity index is 526. The summed E-state index contributed by atoms with van der Waals surface area (Å²) in [5, 5.41) is 0.902. The monoisotopic (exact) mass is 339 g/mol. The predicted octanol–water partition coefficient (Wildman–Crippen LogP) is 3.11. The molecule has 7 heteroatoms. The number of ether oxygens (including phenoxy) is 2. The molecule has 23 heavy (non-hydrogen) atoms. The van der Waals surface area contributed by atoms with Crippen molar-refractivity contribution in [2.24, 2.45) is 0 Å². The Morgan fingerprint density at radius 3 is 2.57 bits per heavy atom. The molecule has 2 rings (SSSR count). The topological polar surface area (TPSA) is 64.6 Å². The Morgan fingerprint density at radius 2 is 1.96 bits per heavy atom. The number of amides is 1. The molecule has 0 bridgehead atoms. The second kappa shape index (κ2) is 7.97. The van der Waals surface area contributed by atoms with Crippen molar-refractivity contribution in [3.63, 3.8) is 0 Å². The van der Waals surface area contributed by atoms with E-state index in [-0.39, 0.29) is 12.2 Å². The molecule has 0 unspecified atom stereocenters. The first-order valence-corrected chi connectivity index (χ1v) is 9.05. The minimum Gasteiger partial charge on any atom is -0.444 e. The van der Waals surface area contributed by atoms with Gasteiger partial charge in [0.05, 0.1) is 18.4 Å². The number of piperidine rings is 1. The van der Waals surface area contributed by atoms with Crippen molar-refractivity contribution in [1.29, 1.82) is 0 Å². The van der Waals surface area contributed by atoms with Gasteiger partial charge >= 0.3 is 6.09 Å². The van der Waals surface area contributed by atoms with E-state index < -0.39 is 5.60 Å². The van der Waals surface area contributed by atoms with Gasteiger partial charge in [-0.3, -0.25) is 4.98 Å². The molecule has 1 amide bonds. The Kier molecular flexibility index (Phi) is 6.24. The highest BCUT2D eigenvalue weighted by molar-refractivity contribution is 7.98. The van der Waals surface area contributed by atoms with Crippen molar-refractivity contribution < 1.29 is 14.3 Å². The molecule has 0 aromatic carbocycles. The van der Waals surface area contributed by atoms with Gasteiger partial charge in [0.25, 0.3) is 0 Å². The number of carbonyl (C=O) groups is 1. The van der Waals surface area contributed by atoms with Gasteiger partial charge in [0.2, 0.25) is 0 Å². The van der Waals surface area contributed by atoms with Crippen LogP contribution in [0.4, 0.5) is 4.79 Å². The number of nitrogens with zero attached hydrogens (tertiary/aromatic N) is 3. The quantitative estimate of drug-likeness (QED) is 0.785. The number of hydrogen-bond donors (Lipinski definition) is 0. The van der Waals surface area contributed by atoms with E-state index >= 15 is 0 Å². The maximum absolute atomic E-state index is 12.0. The molecule has 0 N–H and O–H groups in total. The molecule has 6 nitrogen and oxygen atoms in total. The van der Waals surface area contributed by atoms with Gasteiger partial charge in [0.15, 0.2) is 0 Å². The average Bonchev–Trinajstić information content (AvgIpc) is 2.52. The van der Waals surface area contributed by atoms with Crippen molar-refractivity contribution in [3.8, 4) is 0 Å². The lowest BCUT2D eigenvalue weighted by atomic mass is 10.1. The maximum atomic E-state index is 12.0. The lowest BCUT2D eigenvalue weighted by Gasteiger charge is -2.33. The Balaban J connectivity index is 1.78. The van der Waals surface area contributed by atoms with Crippen LogP contribution in [0.5, 0.6) is 0 Å². The minimum atomic E-state index is -0.454. The van der Waals surface area contributed by atoms with E-state index in [0.717, 1.165) is 23.6 Å². The minimum absolute atomic E-state index is 0.144. The zero-order valence-corrected chi connectivity index (χ0v) is 15.1. The third-order valence-electron chi connectivity index (χ3n) is 3.48. The van der Waals surface area contributed by atoms with Gasteiger partial charge in [-0.25, -0.2) is 9.78 Å². The highest BCUT2D eigenvalue weighted by Gasteiger charge is 2.27. The van der Waals surface area contributed by atoms with Gasteiger partial charge in [0.1, 0.15) is 10.6 Å². The highest BCUT2D eigenvalue weighted by Crippen LogP contribution is 2.20. The molecule has 0 atom stereocenters. The van der Waals surface area contributed by atoms with Crippen LogP contribution in [0.2, 0.25) is 0 Å². The smallest absolute Gasteiger partial charge is 0.410 e. The van der Waals surface area contributed by atoms with Crippen molar-refractivity contribution in [1.82, 2.24) is 14.9 Å². The lowest BCUT2D eigenvalue weighted by Crippen LogP contribution is -2.43. The van der Waals surface area contributed by atoms with Crippen molar-refractivity contribution in [2.45, 2.75) is 57.0 Å². The van der Waals surface area contributed by atoms with Gasteiger partial charge in [-0.1, -0.05) is 0 Å². The normalized spacial score (nSPS) is 16.4. The molecular weight excluding hydrogens is 314 g/mol. The van der Waals surface area contributed by atoms with Gasteiger partial charge < -0.3 is 14.4 Å². The lowest BCUT2D eigenvalue weighted by molar-refractivity contribution is -0.0184. The summed E-state index contributed by atoms with van der Waals surface area (Å²) in [7, 11) is 0. The van der Waals surface area contributed by atoms with E-state index in [2.05, 4.69) is 9.97 Å². The Morgan fingerprint density at radius 1 is 1.30 bits per heavy atom. The van der Waals surface area contributed by atoms with Gasteiger partial charge in [0, 0.05) is 25.5 Å². The van der Waals surface area contributed by atoms with Crippen LogP contribution in [0.15, 0.2) is 17.4 Å². The van der Waals surface area contributed by atoms with E-state index in [1.807, 2.05) is 27.0 Å².